The number of aliphatic hydroxyl groups is 4. The SMILES string of the molecule is C[C@]12CCC3C([C@H]4CC4[C@]4(O)C[C@@H](O)CC[C@]34C)[C@@H]1C1CC1[C@@]2(O)C#CCO. The fraction of sp³-hybridized carbons (Fsp3) is 0.917. The van der Waals surface area contributed by atoms with E-state index in [0.29, 0.717) is 41.9 Å². The van der Waals surface area contributed by atoms with Crippen LogP contribution in [0.1, 0.15) is 58.8 Å². The highest BCUT2D eigenvalue weighted by Gasteiger charge is 2.81. The molecule has 0 aromatic carbocycles. The summed E-state index contributed by atoms with van der Waals surface area (Å²) in [5, 5.41) is 43.1. The Bertz CT molecular complexity index is 785. The van der Waals surface area contributed by atoms with E-state index in [9.17, 15) is 20.4 Å². The van der Waals surface area contributed by atoms with Crippen LogP contribution in [0.4, 0.5) is 0 Å². The van der Waals surface area contributed by atoms with Crippen LogP contribution in [-0.2, 0) is 0 Å². The lowest BCUT2D eigenvalue weighted by atomic mass is 9.42. The first-order valence-electron chi connectivity index (χ1n) is 11.4. The quantitative estimate of drug-likeness (QED) is 0.480. The zero-order valence-corrected chi connectivity index (χ0v) is 17.1. The molecule has 0 saturated heterocycles. The number of aliphatic hydroxyl groups excluding tert-OH is 2. The Morgan fingerprint density at radius 1 is 0.929 bits per heavy atom. The van der Waals surface area contributed by atoms with E-state index in [0.717, 1.165) is 38.5 Å². The van der Waals surface area contributed by atoms with Crippen molar-refractivity contribution in [1.29, 1.82) is 0 Å². The number of hydrogen-bond donors (Lipinski definition) is 4. The van der Waals surface area contributed by atoms with Gasteiger partial charge >= 0.3 is 0 Å². The van der Waals surface area contributed by atoms with Crippen LogP contribution in [0.5, 0.6) is 0 Å². The molecule has 6 aliphatic rings. The van der Waals surface area contributed by atoms with Crippen molar-refractivity contribution in [3.8, 4) is 11.8 Å². The van der Waals surface area contributed by atoms with Crippen LogP contribution >= 0.6 is 0 Å². The molecule has 0 aliphatic heterocycles. The highest BCUT2D eigenvalue weighted by atomic mass is 16.3. The van der Waals surface area contributed by atoms with Crippen LogP contribution < -0.4 is 0 Å². The third kappa shape index (κ3) is 1.81. The normalized spacial score (nSPS) is 65.6. The Hall–Kier alpha value is -0.600. The lowest BCUT2D eigenvalue weighted by Crippen LogP contribution is -2.65. The van der Waals surface area contributed by atoms with Crippen molar-refractivity contribution in [2.45, 2.75) is 76.1 Å². The van der Waals surface area contributed by atoms with E-state index in [1.165, 1.54) is 0 Å². The van der Waals surface area contributed by atoms with E-state index in [-0.39, 0.29) is 29.5 Å². The molecule has 154 valence electrons. The Labute approximate surface area is 167 Å². The molecular formula is C24H34O4. The van der Waals surface area contributed by atoms with Gasteiger partial charge in [-0.05, 0) is 79.4 Å². The predicted octanol–water partition coefficient (Wildman–Crippen LogP) is 1.94. The monoisotopic (exact) mass is 386 g/mol. The molecule has 0 radical (unpaired) electrons. The Morgan fingerprint density at radius 2 is 1.64 bits per heavy atom. The van der Waals surface area contributed by atoms with Gasteiger partial charge in [-0.3, -0.25) is 0 Å². The van der Waals surface area contributed by atoms with Crippen molar-refractivity contribution in [2.24, 2.45) is 52.3 Å². The minimum Gasteiger partial charge on any atom is -0.393 e. The second-order valence-corrected chi connectivity index (χ2v) is 11.6. The molecule has 0 aromatic heterocycles. The van der Waals surface area contributed by atoms with Gasteiger partial charge in [-0.25, -0.2) is 0 Å². The molecule has 0 aromatic rings. The molecule has 28 heavy (non-hydrogen) atoms. The maximum Gasteiger partial charge on any atom is 0.134 e. The second kappa shape index (κ2) is 5.17. The van der Waals surface area contributed by atoms with Crippen LogP contribution in [0.15, 0.2) is 0 Å². The van der Waals surface area contributed by atoms with Gasteiger partial charge in [0.15, 0.2) is 0 Å². The molecule has 6 fully saturated rings. The van der Waals surface area contributed by atoms with Gasteiger partial charge in [0.1, 0.15) is 12.2 Å². The minimum absolute atomic E-state index is 0.113. The third-order valence-corrected chi connectivity index (χ3v) is 11.0. The predicted molar refractivity (Wildman–Crippen MR) is 104 cm³/mol. The number of fused-ring (bicyclic) bond motifs is 10. The Balaban J connectivity index is 1.42. The van der Waals surface area contributed by atoms with Crippen LogP contribution in [0, 0.1) is 64.1 Å². The molecule has 0 heterocycles. The molecule has 4 heteroatoms. The summed E-state index contributed by atoms with van der Waals surface area (Å²) in [4.78, 5) is 0. The van der Waals surface area contributed by atoms with Crippen molar-refractivity contribution in [3.05, 3.63) is 0 Å². The average Bonchev–Trinajstić information content (AvgIpc) is 3.54. The van der Waals surface area contributed by atoms with Gasteiger partial charge in [0.25, 0.3) is 0 Å². The van der Waals surface area contributed by atoms with E-state index in [4.69, 9.17) is 0 Å². The van der Waals surface area contributed by atoms with Crippen LogP contribution in [0.2, 0.25) is 0 Å². The summed E-state index contributed by atoms with van der Waals surface area (Å²) in [6, 6.07) is 0. The summed E-state index contributed by atoms with van der Waals surface area (Å²) in [7, 11) is 0. The van der Waals surface area contributed by atoms with Gasteiger partial charge < -0.3 is 20.4 Å². The van der Waals surface area contributed by atoms with Crippen molar-refractivity contribution in [2.75, 3.05) is 6.61 Å². The van der Waals surface area contributed by atoms with Crippen molar-refractivity contribution < 1.29 is 20.4 Å². The number of hydrogen-bond acceptors (Lipinski definition) is 4. The molecule has 4 N–H and O–H groups in total. The topological polar surface area (TPSA) is 80.9 Å². The van der Waals surface area contributed by atoms with E-state index in [2.05, 4.69) is 25.7 Å². The molecule has 6 rings (SSSR count). The van der Waals surface area contributed by atoms with Gasteiger partial charge in [-0.2, -0.15) is 0 Å². The molecule has 0 amide bonds. The van der Waals surface area contributed by atoms with Crippen LogP contribution in [-0.4, -0.2) is 44.3 Å². The zero-order chi connectivity index (χ0) is 19.7. The lowest BCUT2D eigenvalue weighted by Gasteiger charge is -2.64. The van der Waals surface area contributed by atoms with Crippen LogP contribution in [0.25, 0.3) is 0 Å². The first-order chi connectivity index (χ1) is 13.2. The standard InChI is InChI=1S/C24H34O4/c1-21-7-4-13(26)12-24(21,28)17-10-14(17)19-16(21)5-8-22(2)20(19)15-11-18(15)23(22,27)6-3-9-25/h13-20,25-28H,4-5,7-12H2,1-2H3/t13-,14-,15?,16?,17?,18?,19?,20-,21+,22-,23-,24+/m0/s1. The molecular weight excluding hydrogens is 352 g/mol. The highest BCUT2D eigenvalue weighted by Crippen LogP contribution is 2.81. The van der Waals surface area contributed by atoms with E-state index in [1.54, 1.807) is 0 Å². The summed E-state index contributed by atoms with van der Waals surface area (Å²) in [6.07, 6.45) is 6.06. The van der Waals surface area contributed by atoms with Gasteiger partial charge in [-0.1, -0.05) is 25.7 Å². The Kier molecular flexibility index (Phi) is 3.36. The average molecular weight is 387 g/mol. The second-order valence-electron chi connectivity index (χ2n) is 11.6. The molecule has 6 aliphatic carbocycles. The van der Waals surface area contributed by atoms with E-state index >= 15 is 0 Å². The van der Waals surface area contributed by atoms with Crippen molar-refractivity contribution in [3.63, 3.8) is 0 Å². The fourth-order valence-corrected chi connectivity index (χ4v) is 9.57. The van der Waals surface area contributed by atoms with E-state index < -0.39 is 11.2 Å². The molecule has 0 spiro atoms. The van der Waals surface area contributed by atoms with E-state index in [1.807, 2.05) is 0 Å². The summed E-state index contributed by atoms with van der Waals surface area (Å²) < 4.78 is 0. The maximum atomic E-state index is 11.8. The highest BCUT2D eigenvalue weighted by molar-refractivity contribution is 5.36. The number of rotatable bonds is 0. The summed E-state index contributed by atoms with van der Waals surface area (Å²) in [5.41, 5.74) is -1.98. The smallest absolute Gasteiger partial charge is 0.134 e. The van der Waals surface area contributed by atoms with Crippen molar-refractivity contribution >= 4 is 0 Å². The van der Waals surface area contributed by atoms with Gasteiger partial charge in [0.2, 0.25) is 0 Å². The Morgan fingerprint density at radius 3 is 2.39 bits per heavy atom. The van der Waals surface area contributed by atoms with Gasteiger partial charge in [0, 0.05) is 17.8 Å². The first kappa shape index (κ1) is 18.2. The van der Waals surface area contributed by atoms with Crippen LogP contribution in [0.3, 0.4) is 0 Å². The largest absolute Gasteiger partial charge is 0.393 e. The summed E-state index contributed by atoms with van der Waals surface area (Å²) in [5.74, 6) is 9.14. The van der Waals surface area contributed by atoms with Gasteiger partial charge in [-0.15, -0.1) is 0 Å². The molecule has 4 nitrogen and oxygen atoms in total. The third-order valence-electron chi connectivity index (χ3n) is 11.0. The first-order valence-corrected chi connectivity index (χ1v) is 11.4. The molecule has 6 saturated carbocycles. The summed E-state index contributed by atoms with van der Waals surface area (Å²) in [6.45, 7) is 4.38. The zero-order valence-electron chi connectivity index (χ0n) is 17.1. The maximum absolute atomic E-state index is 11.8. The fourth-order valence-electron chi connectivity index (χ4n) is 9.57. The van der Waals surface area contributed by atoms with Gasteiger partial charge in [0.05, 0.1) is 11.7 Å². The van der Waals surface area contributed by atoms with Crippen molar-refractivity contribution in [1.82, 2.24) is 0 Å². The lowest BCUT2D eigenvalue weighted by molar-refractivity contribution is -0.233. The molecule has 0 bridgehead atoms. The molecule has 12 atom stereocenters. The molecule has 5 unspecified atom stereocenters. The minimum atomic E-state index is -0.960. The summed E-state index contributed by atoms with van der Waals surface area (Å²) >= 11 is 0.